The highest BCUT2D eigenvalue weighted by atomic mass is 79.9. The van der Waals surface area contributed by atoms with Gasteiger partial charge >= 0.3 is 0 Å². The molecule has 2 aromatic rings. The molecular weight excluding hydrogens is 361 g/mol. The molecule has 2 aromatic carbocycles. The van der Waals surface area contributed by atoms with E-state index in [4.69, 9.17) is 17.3 Å². The normalized spacial score (nSPS) is 12.4. The first-order valence-corrected chi connectivity index (χ1v) is 8.29. The van der Waals surface area contributed by atoms with Gasteiger partial charge < -0.3 is 5.73 Å². The van der Waals surface area contributed by atoms with Crippen LogP contribution >= 0.6 is 39.3 Å². The van der Waals surface area contributed by atoms with Crippen LogP contribution in [0.15, 0.2) is 51.8 Å². The van der Waals surface area contributed by atoms with Gasteiger partial charge in [-0.3, -0.25) is 0 Å². The van der Waals surface area contributed by atoms with Gasteiger partial charge in [-0.2, -0.15) is 0 Å². The van der Waals surface area contributed by atoms with Crippen molar-refractivity contribution in [3.63, 3.8) is 0 Å². The zero-order valence-corrected chi connectivity index (χ0v) is 13.8. The predicted octanol–water partition coefficient (Wildman–Crippen LogP) is 4.90. The molecule has 0 radical (unpaired) electrons. The molecule has 0 heterocycles. The lowest BCUT2D eigenvalue weighted by molar-refractivity contribution is 0.597. The minimum absolute atomic E-state index is 0.151. The van der Waals surface area contributed by atoms with Crippen molar-refractivity contribution < 1.29 is 4.39 Å². The molecule has 0 aliphatic rings. The molecule has 20 heavy (non-hydrogen) atoms. The quantitative estimate of drug-likeness (QED) is 0.753. The van der Waals surface area contributed by atoms with Crippen molar-refractivity contribution in [2.24, 2.45) is 5.73 Å². The molecule has 0 saturated carbocycles. The van der Waals surface area contributed by atoms with Crippen LogP contribution in [0.5, 0.6) is 0 Å². The summed E-state index contributed by atoms with van der Waals surface area (Å²) in [4.78, 5) is 1.13. The third-order valence-electron chi connectivity index (χ3n) is 2.82. The summed E-state index contributed by atoms with van der Waals surface area (Å²) in [5.41, 5.74) is 6.57. The highest BCUT2D eigenvalue weighted by molar-refractivity contribution is 9.10. The second-order valence-corrected chi connectivity index (χ2v) is 6.73. The molecule has 5 heteroatoms. The Morgan fingerprint density at radius 1 is 1.20 bits per heavy atom. The van der Waals surface area contributed by atoms with Gasteiger partial charge in [-0.1, -0.05) is 29.8 Å². The minimum atomic E-state index is -0.293. The van der Waals surface area contributed by atoms with Crippen molar-refractivity contribution in [3.05, 3.63) is 63.3 Å². The van der Waals surface area contributed by atoms with Crippen LogP contribution in [0.1, 0.15) is 5.56 Å². The van der Waals surface area contributed by atoms with Crippen molar-refractivity contribution in [1.82, 2.24) is 0 Å². The fourth-order valence-corrected chi connectivity index (χ4v) is 3.57. The molecule has 0 bridgehead atoms. The fraction of sp³-hybridized carbons (Fsp3) is 0.200. The van der Waals surface area contributed by atoms with E-state index in [1.807, 2.05) is 24.3 Å². The van der Waals surface area contributed by atoms with E-state index < -0.39 is 0 Å². The van der Waals surface area contributed by atoms with Crippen LogP contribution in [-0.2, 0) is 6.42 Å². The zero-order valence-electron chi connectivity index (χ0n) is 10.7. The lowest BCUT2D eigenvalue weighted by Crippen LogP contribution is -2.26. The molecule has 1 unspecified atom stereocenters. The van der Waals surface area contributed by atoms with E-state index in [2.05, 4.69) is 15.9 Å². The average Bonchev–Trinajstić information content (AvgIpc) is 2.42. The Labute approximate surface area is 135 Å². The predicted molar refractivity (Wildman–Crippen MR) is 88.0 cm³/mol. The zero-order chi connectivity index (χ0) is 14.5. The van der Waals surface area contributed by atoms with Gasteiger partial charge in [0, 0.05) is 31.7 Å². The second kappa shape index (κ2) is 7.46. The van der Waals surface area contributed by atoms with Gasteiger partial charge in [-0.15, -0.1) is 11.8 Å². The fourth-order valence-electron chi connectivity index (χ4n) is 1.81. The van der Waals surface area contributed by atoms with Crippen molar-refractivity contribution in [3.8, 4) is 0 Å². The summed E-state index contributed by atoms with van der Waals surface area (Å²) in [6.07, 6.45) is 0.433. The van der Waals surface area contributed by atoms with Gasteiger partial charge in [-0.05, 0) is 46.6 Å². The van der Waals surface area contributed by atoms with Crippen LogP contribution in [0, 0.1) is 5.82 Å². The Hall–Kier alpha value is -0.550. The van der Waals surface area contributed by atoms with E-state index in [1.165, 1.54) is 6.07 Å². The maximum Gasteiger partial charge on any atom is 0.127 e. The number of benzene rings is 2. The third kappa shape index (κ3) is 4.22. The molecular formula is C15H14BrClFNS. The Kier molecular flexibility index (Phi) is 5.90. The summed E-state index contributed by atoms with van der Waals surface area (Å²) < 4.78 is 14.7. The van der Waals surface area contributed by atoms with E-state index in [0.717, 1.165) is 9.37 Å². The van der Waals surface area contributed by atoms with Crippen LogP contribution in [0.2, 0.25) is 5.02 Å². The van der Waals surface area contributed by atoms with E-state index in [9.17, 15) is 4.39 Å². The molecule has 2 rings (SSSR count). The molecule has 0 aliphatic heterocycles. The monoisotopic (exact) mass is 373 g/mol. The van der Waals surface area contributed by atoms with E-state index >= 15 is 0 Å². The Morgan fingerprint density at radius 3 is 2.65 bits per heavy atom. The summed E-state index contributed by atoms with van der Waals surface area (Å²) in [5, 5.41) is 0.436. The molecule has 0 aliphatic carbocycles. The summed E-state index contributed by atoms with van der Waals surface area (Å²) in [6.45, 7) is 0. The first-order chi connectivity index (χ1) is 9.58. The number of nitrogens with two attached hydrogens (primary N) is 1. The van der Waals surface area contributed by atoms with Crippen molar-refractivity contribution in [1.29, 1.82) is 0 Å². The van der Waals surface area contributed by atoms with Crippen LogP contribution < -0.4 is 5.73 Å². The number of hydrogen-bond donors (Lipinski definition) is 1. The van der Waals surface area contributed by atoms with E-state index in [-0.39, 0.29) is 11.9 Å². The number of halogens is 3. The average molecular weight is 375 g/mol. The van der Waals surface area contributed by atoms with Gasteiger partial charge in [0.25, 0.3) is 0 Å². The molecule has 106 valence electrons. The largest absolute Gasteiger partial charge is 0.327 e. The van der Waals surface area contributed by atoms with Gasteiger partial charge in [0.2, 0.25) is 0 Å². The molecule has 0 saturated heterocycles. The second-order valence-electron chi connectivity index (χ2n) is 4.41. The lowest BCUT2D eigenvalue weighted by atomic mass is 10.1. The summed E-state index contributed by atoms with van der Waals surface area (Å²) >= 11 is 11.1. The van der Waals surface area contributed by atoms with Gasteiger partial charge in [0.1, 0.15) is 5.82 Å². The lowest BCUT2D eigenvalue weighted by Gasteiger charge is -2.13. The van der Waals surface area contributed by atoms with Gasteiger partial charge in [0.05, 0.1) is 0 Å². The summed E-state index contributed by atoms with van der Waals surface area (Å²) in [7, 11) is 0. The Bertz CT molecular complexity index is 574. The van der Waals surface area contributed by atoms with Crippen molar-refractivity contribution in [2.75, 3.05) is 5.75 Å². The maximum absolute atomic E-state index is 13.7. The molecule has 2 N–H and O–H groups in total. The van der Waals surface area contributed by atoms with Gasteiger partial charge in [-0.25, -0.2) is 4.39 Å². The molecule has 0 fully saturated rings. The Morgan fingerprint density at radius 2 is 1.95 bits per heavy atom. The number of rotatable bonds is 5. The first kappa shape index (κ1) is 15.8. The third-order valence-corrected chi connectivity index (χ3v) is 5.39. The molecule has 1 atom stereocenters. The molecule has 1 nitrogen and oxygen atoms in total. The van der Waals surface area contributed by atoms with Crippen LogP contribution in [-0.4, -0.2) is 11.8 Å². The van der Waals surface area contributed by atoms with E-state index in [1.54, 1.807) is 23.9 Å². The summed E-state index contributed by atoms with van der Waals surface area (Å²) in [6, 6.07) is 12.5. The Balaban J connectivity index is 1.96. The standard InChI is InChI=1S/C15H14BrClFNS/c16-12-4-1-2-7-15(12)20-9-10(19)8-11-13(17)5-3-6-14(11)18/h1-7,10H,8-9,19H2. The SMILES string of the molecule is NC(CSc1ccccc1Br)Cc1c(F)cccc1Cl. The smallest absolute Gasteiger partial charge is 0.127 e. The topological polar surface area (TPSA) is 26.0 Å². The highest BCUT2D eigenvalue weighted by Gasteiger charge is 2.12. The van der Waals surface area contributed by atoms with Crippen LogP contribution in [0.25, 0.3) is 0 Å². The first-order valence-electron chi connectivity index (χ1n) is 6.13. The highest BCUT2D eigenvalue weighted by Crippen LogP contribution is 2.28. The molecule has 0 spiro atoms. The van der Waals surface area contributed by atoms with Crippen LogP contribution in [0.3, 0.4) is 0 Å². The number of thioether (sulfide) groups is 1. The summed E-state index contributed by atoms with van der Waals surface area (Å²) in [5.74, 6) is 0.409. The van der Waals surface area contributed by atoms with Crippen LogP contribution in [0.4, 0.5) is 4.39 Å². The van der Waals surface area contributed by atoms with Gasteiger partial charge in [0.15, 0.2) is 0 Å². The molecule has 0 aromatic heterocycles. The van der Waals surface area contributed by atoms with Crippen molar-refractivity contribution >= 4 is 39.3 Å². The maximum atomic E-state index is 13.7. The number of hydrogen-bond acceptors (Lipinski definition) is 2. The minimum Gasteiger partial charge on any atom is -0.327 e. The van der Waals surface area contributed by atoms with Crippen molar-refractivity contribution in [2.45, 2.75) is 17.4 Å². The van der Waals surface area contributed by atoms with E-state index in [0.29, 0.717) is 22.8 Å². The molecule has 0 amide bonds.